The lowest BCUT2D eigenvalue weighted by atomic mass is 10.2. The molecule has 1 rings (SSSR count). The first-order valence-electron chi connectivity index (χ1n) is 5.18. The topological polar surface area (TPSA) is 20.3 Å². The van der Waals surface area contributed by atoms with E-state index in [1.807, 2.05) is 11.8 Å². The molecule has 76 valence electrons. The Labute approximate surface area is 81.6 Å². The zero-order valence-corrected chi connectivity index (χ0v) is 9.05. The van der Waals surface area contributed by atoms with Crippen LogP contribution < -0.4 is 0 Å². The Balaban J connectivity index is 0.000000424. The van der Waals surface area contributed by atoms with Crippen LogP contribution in [0.25, 0.3) is 0 Å². The van der Waals surface area contributed by atoms with Crippen LogP contribution in [0.15, 0.2) is 12.2 Å². The predicted molar refractivity (Wildman–Crippen MR) is 56.6 cm³/mol. The molecule has 0 radical (unpaired) electrons. The molecule has 0 aromatic heterocycles. The van der Waals surface area contributed by atoms with Crippen LogP contribution in [-0.2, 0) is 4.79 Å². The van der Waals surface area contributed by atoms with E-state index in [-0.39, 0.29) is 5.91 Å². The molecule has 0 saturated heterocycles. The van der Waals surface area contributed by atoms with Crippen LogP contribution >= 0.6 is 0 Å². The van der Waals surface area contributed by atoms with E-state index in [9.17, 15) is 4.79 Å². The van der Waals surface area contributed by atoms with E-state index in [4.69, 9.17) is 0 Å². The minimum Gasteiger partial charge on any atom is -0.339 e. The SMILES string of the molecule is CCC.CCC(=O)N1CC=CCC1. The van der Waals surface area contributed by atoms with Gasteiger partial charge in [-0.05, 0) is 6.42 Å². The zero-order chi connectivity index (χ0) is 10.1. The fraction of sp³-hybridized carbons (Fsp3) is 0.727. The Hall–Kier alpha value is -0.790. The molecule has 1 aliphatic rings. The third-order valence-electron chi connectivity index (χ3n) is 1.71. The van der Waals surface area contributed by atoms with E-state index in [1.165, 1.54) is 6.42 Å². The summed E-state index contributed by atoms with van der Waals surface area (Å²) in [7, 11) is 0. The predicted octanol–water partition coefficient (Wildman–Crippen LogP) is 2.60. The van der Waals surface area contributed by atoms with Crippen LogP contribution in [0.5, 0.6) is 0 Å². The van der Waals surface area contributed by atoms with Gasteiger partial charge in [-0.1, -0.05) is 39.3 Å². The average Bonchev–Trinajstić information content (AvgIpc) is 2.19. The third-order valence-corrected chi connectivity index (χ3v) is 1.71. The number of hydrogen-bond acceptors (Lipinski definition) is 1. The van der Waals surface area contributed by atoms with Gasteiger partial charge in [-0.2, -0.15) is 0 Å². The lowest BCUT2D eigenvalue weighted by Gasteiger charge is -2.22. The van der Waals surface area contributed by atoms with E-state index in [0.717, 1.165) is 19.5 Å². The van der Waals surface area contributed by atoms with Crippen molar-refractivity contribution in [1.82, 2.24) is 4.90 Å². The molecule has 1 aliphatic heterocycles. The molecule has 0 unspecified atom stereocenters. The van der Waals surface area contributed by atoms with E-state index in [0.29, 0.717) is 6.42 Å². The first-order valence-corrected chi connectivity index (χ1v) is 5.18. The fourth-order valence-electron chi connectivity index (χ4n) is 1.09. The molecule has 0 atom stereocenters. The Bertz CT molecular complexity index is 163. The maximum Gasteiger partial charge on any atom is 0.222 e. The van der Waals surface area contributed by atoms with Crippen LogP contribution in [0.1, 0.15) is 40.0 Å². The monoisotopic (exact) mass is 183 g/mol. The van der Waals surface area contributed by atoms with Crippen LogP contribution in [0.2, 0.25) is 0 Å². The van der Waals surface area contributed by atoms with Crippen molar-refractivity contribution in [2.45, 2.75) is 40.0 Å². The molecule has 0 aromatic carbocycles. The fourth-order valence-corrected chi connectivity index (χ4v) is 1.09. The van der Waals surface area contributed by atoms with Gasteiger partial charge in [-0.15, -0.1) is 0 Å². The van der Waals surface area contributed by atoms with Crippen LogP contribution in [0.3, 0.4) is 0 Å². The summed E-state index contributed by atoms with van der Waals surface area (Å²) in [5.41, 5.74) is 0. The molecule has 1 heterocycles. The highest BCUT2D eigenvalue weighted by Gasteiger charge is 2.10. The first-order chi connectivity index (χ1) is 6.26. The summed E-state index contributed by atoms with van der Waals surface area (Å²) in [6, 6.07) is 0. The van der Waals surface area contributed by atoms with Gasteiger partial charge in [0.2, 0.25) is 5.91 Å². The van der Waals surface area contributed by atoms with Gasteiger partial charge in [0.1, 0.15) is 0 Å². The van der Waals surface area contributed by atoms with Crippen LogP contribution in [-0.4, -0.2) is 23.9 Å². The van der Waals surface area contributed by atoms with Crippen molar-refractivity contribution < 1.29 is 4.79 Å². The summed E-state index contributed by atoms with van der Waals surface area (Å²) in [4.78, 5) is 12.9. The molecule has 0 saturated carbocycles. The maximum atomic E-state index is 11.1. The second-order valence-electron chi connectivity index (χ2n) is 3.16. The van der Waals surface area contributed by atoms with Gasteiger partial charge in [-0.25, -0.2) is 0 Å². The van der Waals surface area contributed by atoms with Gasteiger partial charge in [-0.3, -0.25) is 4.79 Å². The summed E-state index contributed by atoms with van der Waals surface area (Å²) in [6.07, 6.45) is 7.08. The molecular formula is C11H21NO. The summed E-state index contributed by atoms with van der Waals surface area (Å²) in [5.74, 6) is 0.268. The number of carbonyl (C=O) groups is 1. The number of carbonyl (C=O) groups excluding carboxylic acids is 1. The van der Waals surface area contributed by atoms with Crippen molar-refractivity contribution in [3.05, 3.63) is 12.2 Å². The minimum absolute atomic E-state index is 0.268. The zero-order valence-electron chi connectivity index (χ0n) is 9.05. The molecule has 2 heteroatoms. The molecule has 0 N–H and O–H groups in total. The van der Waals surface area contributed by atoms with Crippen molar-refractivity contribution >= 4 is 5.91 Å². The van der Waals surface area contributed by atoms with Crippen molar-refractivity contribution in [3.63, 3.8) is 0 Å². The highest BCUT2D eigenvalue weighted by molar-refractivity contribution is 5.76. The summed E-state index contributed by atoms with van der Waals surface area (Å²) in [6.45, 7) is 7.87. The molecule has 2 nitrogen and oxygen atoms in total. The van der Waals surface area contributed by atoms with Crippen molar-refractivity contribution in [1.29, 1.82) is 0 Å². The van der Waals surface area contributed by atoms with Crippen molar-refractivity contribution in [2.75, 3.05) is 13.1 Å². The highest BCUT2D eigenvalue weighted by atomic mass is 16.2. The smallest absolute Gasteiger partial charge is 0.222 e. The number of amides is 1. The maximum absolute atomic E-state index is 11.1. The molecule has 0 aromatic rings. The number of hydrogen-bond donors (Lipinski definition) is 0. The number of nitrogens with zero attached hydrogens (tertiary/aromatic N) is 1. The minimum atomic E-state index is 0.268. The van der Waals surface area contributed by atoms with Gasteiger partial charge in [0.05, 0.1) is 0 Å². The molecule has 0 aliphatic carbocycles. The Morgan fingerprint density at radius 3 is 2.31 bits per heavy atom. The molecule has 0 bridgehead atoms. The lowest BCUT2D eigenvalue weighted by molar-refractivity contribution is -0.130. The van der Waals surface area contributed by atoms with Crippen LogP contribution in [0, 0.1) is 0 Å². The van der Waals surface area contributed by atoms with Gasteiger partial charge in [0, 0.05) is 19.5 Å². The number of rotatable bonds is 1. The lowest BCUT2D eigenvalue weighted by Crippen LogP contribution is -2.32. The Morgan fingerprint density at radius 2 is 1.92 bits per heavy atom. The quantitative estimate of drug-likeness (QED) is 0.572. The summed E-state index contributed by atoms with van der Waals surface area (Å²) in [5, 5.41) is 0. The van der Waals surface area contributed by atoms with E-state index < -0.39 is 0 Å². The summed E-state index contributed by atoms with van der Waals surface area (Å²) >= 11 is 0. The second-order valence-corrected chi connectivity index (χ2v) is 3.16. The van der Waals surface area contributed by atoms with Crippen molar-refractivity contribution in [2.24, 2.45) is 0 Å². The third kappa shape index (κ3) is 5.45. The van der Waals surface area contributed by atoms with Gasteiger partial charge < -0.3 is 4.90 Å². The molecular weight excluding hydrogens is 162 g/mol. The highest BCUT2D eigenvalue weighted by Crippen LogP contribution is 2.02. The average molecular weight is 183 g/mol. The Kier molecular flexibility index (Phi) is 7.36. The normalized spacial score (nSPS) is 14.8. The van der Waals surface area contributed by atoms with E-state index in [1.54, 1.807) is 0 Å². The van der Waals surface area contributed by atoms with Crippen LogP contribution in [0.4, 0.5) is 0 Å². The first kappa shape index (κ1) is 12.2. The Morgan fingerprint density at radius 1 is 1.31 bits per heavy atom. The standard InChI is InChI=1S/C8H13NO.C3H8/c1-2-8(10)9-6-4-3-5-7-9;1-3-2/h3-4H,2,5-7H2,1H3;3H2,1-2H3. The largest absolute Gasteiger partial charge is 0.339 e. The second kappa shape index (κ2) is 7.84. The molecule has 13 heavy (non-hydrogen) atoms. The molecule has 0 spiro atoms. The van der Waals surface area contributed by atoms with Gasteiger partial charge in [0.25, 0.3) is 0 Å². The van der Waals surface area contributed by atoms with Gasteiger partial charge in [0.15, 0.2) is 0 Å². The molecule has 1 amide bonds. The van der Waals surface area contributed by atoms with Crippen molar-refractivity contribution in [3.8, 4) is 0 Å². The van der Waals surface area contributed by atoms with Gasteiger partial charge >= 0.3 is 0 Å². The van der Waals surface area contributed by atoms with E-state index in [2.05, 4.69) is 26.0 Å². The summed E-state index contributed by atoms with van der Waals surface area (Å²) < 4.78 is 0. The molecule has 0 fully saturated rings. The van der Waals surface area contributed by atoms with E-state index >= 15 is 0 Å².